The second-order valence-electron chi connectivity index (χ2n) is 7.40. The lowest BCUT2D eigenvalue weighted by Gasteiger charge is -2.30. The Bertz CT molecular complexity index is 464. The summed E-state index contributed by atoms with van der Waals surface area (Å²) in [5.74, 6) is 0.869. The second kappa shape index (κ2) is 19.3. The first-order chi connectivity index (χ1) is 15.6. The summed E-state index contributed by atoms with van der Waals surface area (Å²) >= 11 is 5.92. The smallest absolute Gasteiger partial charge is 0.374 e. The molecule has 13 heteroatoms. The summed E-state index contributed by atoms with van der Waals surface area (Å²) in [6.07, 6.45) is 3.55. The van der Waals surface area contributed by atoms with Crippen LogP contribution in [0.25, 0.3) is 0 Å². The van der Waals surface area contributed by atoms with E-state index >= 15 is 0 Å². The van der Waals surface area contributed by atoms with Crippen molar-refractivity contribution in [1.29, 1.82) is 0 Å². The average Bonchev–Trinajstić information content (AvgIpc) is 2.72. The lowest BCUT2D eigenvalue weighted by Crippen LogP contribution is -2.46. The molecule has 0 radical (unpaired) electrons. The van der Waals surface area contributed by atoms with Gasteiger partial charge in [0.05, 0.1) is 0 Å². The summed E-state index contributed by atoms with van der Waals surface area (Å²) in [5, 5.41) is 0. The van der Waals surface area contributed by atoms with Gasteiger partial charge in [-0.05, 0) is 85.0 Å². The normalized spacial score (nSPS) is 13.2. The molecule has 33 heavy (non-hydrogen) atoms. The molecular weight excluding hydrogens is 519 g/mol. The third-order valence-electron chi connectivity index (χ3n) is 4.85. The molecular formula is C20H47O8PS2Si2. The molecule has 0 aliphatic carbocycles. The summed E-state index contributed by atoms with van der Waals surface area (Å²) in [4.78, 5) is 19.5. The fourth-order valence-corrected chi connectivity index (χ4v) is 11.5. The van der Waals surface area contributed by atoms with E-state index in [0.717, 1.165) is 49.2 Å². The lowest BCUT2D eigenvalue weighted by atomic mass is 10.0. The van der Waals surface area contributed by atoms with E-state index in [1.807, 2.05) is 41.5 Å². The first kappa shape index (κ1) is 34.1. The van der Waals surface area contributed by atoms with E-state index in [1.165, 1.54) is 0 Å². The molecule has 0 aliphatic rings. The predicted octanol–water partition coefficient (Wildman–Crippen LogP) is 5.20. The first-order valence-corrected chi connectivity index (χ1v) is 20.3. The van der Waals surface area contributed by atoms with E-state index in [2.05, 4.69) is 0 Å². The van der Waals surface area contributed by atoms with Crippen LogP contribution in [0.1, 0.15) is 67.2 Å². The van der Waals surface area contributed by atoms with E-state index in [4.69, 9.17) is 38.4 Å². The predicted molar refractivity (Wildman–Crippen MR) is 144 cm³/mol. The van der Waals surface area contributed by atoms with Gasteiger partial charge in [-0.25, -0.2) is 0 Å². The Labute approximate surface area is 213 Å². The molecule has 0 rings (SSSR count). The van der Waals surface area contributed by atoms with E-state index in [-0.39, 0.29) is 5.92 Å². The van der Waals surface area contributed by atoms with Crippen molar-refractivity contribution in [3.63, 3.8) is 0 Å². The van der Waals surface area contributed by atoms with Gasteiger partial charge in [0.15, 0.2) is 0 Å². The summed E-state index contributed by atoms with van der Waals surface area (Å²) in [5.41, 5.74) is -3.29. The molecule has 0 saturated carbocycles. The second-order valence-corrected chi connectivity index (χ2v) is 19.0. The monoisotopic (exact) mass is 566 g/mol. The zero-order valence-corrected chi connectivity index (χ0v) is 25.9. The van der Waals surface area contributed by atoms with Gasteiger partial charge in [0.2, 0.25) is 5.69 Å². The number of rotatable bonds is 23. The minimum Gasteiger partial charge on any atom is -0.374 e. The fourth-order valence-electron chi connectivity index (χ4n) is 3.73. The maximum Gasteiger partial charge on any atom is 0.500 e. The van der Waals surface area contributed by atoms with Crippen molar-refractivity contribution in [3.05, 3.63) is 0 Å². The number of hydrogen-bond donors (Lipinski definition) is 2. The van der Waals surface area contributed by atoms with Crippen molar-refractivity contribution in [2.45, 2.75) is 79.3 Å². The highest BCUT2D eigenvalue weighted by molar-refractivity contribution is 8.67. The summed E-state index contributed by atoms with van der Waals surface area (Å²) in [6, 6.07) is 1.48. The molecule has 0 aromatic rings. The lowest BCUT2D eigenvalue weighted by molar-refractivity contribution is 0.0703. The van der Waals surface area contributed by atoms with Gasteiger partial charge in [-0.3, -0.25) is 0 Å². The third-order valence-corrected chi connectivity index (χ3v) is 14.5. The molecule has 0 aromatic heterocycles. The molecule has 0 atom stereocenters. The van der Waals surface area contributed by atoms with Gasteiger partial charge in [-0.1, -0.05) is 11.4 Å². The largest absolute Gasteiger partial charge is 0.500 e. The quantitative estimate of drug-likeness (QED) is 0.127. The van der Waals surface area contributed by atoms with Gasteiger partial charge in [-0.15, -0.1) is 0 Å². The van der Waals surface area contributed by atoms with Crippen LogP contribution < -0.4 is 0 Å². The van der Waals surface area contributed by atoms with Gasteiger partial charge in [0, 0.05) is 57.5 Å². The van der Waals surface area contributed by atoms with Gasteiger partial charge in [0.25, 0.3) is 0 Å². The van der Waals surface area contributed by atoms with Crippen LogP contribution in [0.5, 0.6) is 0 Å². The van der Waals surface area contributed by atoms with E-state index in [0.29, 0.717) is 45.4 Å². The van der Waals surface area contributed by atoms with Gasteiger partial charge >= 0.3 is 17.6 Å². The van der Waals surface area contributed by atoms with Crippen molar-refractivity contribution in [2.24, 2.45) is 5.92 Å². The SMILES string of the molecule is CCO[Si](CCCC(CCC[Si](OCC)(OCC)OCC)CSP(O)(O)=S)(OCC)OCC. The molecule has 0 heterocycles. The highest BCUT2D eigenvalue weighted by Gasteiger charge is 2.41. The van der Waals surface area contributed by atoms with Crippen molar-refractivity contribution in [3.8, 4) is 0 Å². The van der Waals surface area contributed by atoms with Gasteiger partial charge < -0.3 is 36.3 Å². The van der Waals surface area contributed by atoms with Crippen molar-refractivity contribution in [2.75, 3.05) is 45.4 Å². The molecule has 0 aromatic carbocycles. The van der Waals surface area contributed by atoms with Crippen LogP contribution in [0, 0.1) is 5.92 Å². The van der Waals surface area contributed by atoms with Gasteiger partial charge in [0.1, 0.15) is 0 Å². The Balaban J connectivity index is 5.11. The van der Waals surface area contributed by atoms with E-state index < -0.39 is 23.3 Å². The van der Waals surface area contributed by atoms with Crippen LogP contribution in [0.2, 0.25) is 12.1 Å². The summed E-state index contributed by atoms with van der Waals surface area (Å²) in [6.45, 7) is 15.1. The molecule has 0 spiro atoms. The Hall–Kier alpha value is 1.11. The molecule has 0 amide bonds. The van der Waals surface area contributed by atoms with Crippen molar-refractivity contribution < 1.29 is 36.3 Å². The highest BCUT2D eigenvalue weighted by Crippen LogP contribution is 2.52. The molecule has 200 valence electrons. The average molecular weight is 567 g/mol. The van der Waals surface area contributed by atoms with Gasteiger partial charge in [-0.2, -0.15) is 0 Å². The molecule has 0 bridgehead atoms. The molecule has 0 saturated heterocycles. The molecule has 2 N–H and O–H groups in total. The molecule has 0 aliphatic heterocycles. The summed E-state index contributed by atoms with van der Waals surface area (Å²) < 4.78 is 35.8. The highest BCUT2D eigenvalue weighted by atomic mass is 32.9. The third kappa shape index (κ3) is 15.8. The van der Waals surface area contributed by atoms with Crippen LogP contribution in [0.4, 0.5) is 0 Å². The van der Waals surface area contributed by atoms with Crippen LogP contribution in [0.3, 0.4) is 0 Å². The zero-order valence-electron chi connectivity index (χ0n) is 21.4. The Morgan fingerprint density at radius 2 is 0.970 bits per heavy atom. The fraction of sp³-hybridized carbons (Fsp3) is 1.00. The van der Waals surface area contributed by atoms with Crippen molar-refractivity contribution >= 4 is 46.5 Å². The molecule has 0 fully saturated rings. The van der Waals surface area contributed by atoms with Crippen LogP contribution >= 0.6 is 17.1 Å². The van der Waals surface area contributed by atoms with Crippen LogP contribution in [-0.4, -0.2) is 72.8 Å². The Morgan fingerprint density at radius 3 is 1.21 bits per heavy atom. The minimum atomic E-state index is -3.29. The van der Waals surface area contributed by atoms with Crippen LogP contribution in [0.15, 0.2) is 0 Å². The Morgan fingerprint density at radius 1 is 0.667 bits per heavy atom. The van der Waals surface area contributed by atoms with E-state index in [9.17, 15) is 9.79 Å². The maximum atomic E-state index is 9.73. The Kier molecular flexibility index (Phi) is 19.9. The van der Waals surface area contributed by atoms with E-state index in [1.54, 1.807) is 0 Å². The maximum absolute atomic E-state index is 9.73. The molecule has 0 unspecified atom stereocenters. The van der Waals surface area contributed by atoms with Crippen molar-refractivity contribution in [1.82, 2.24) is 0 Å². The first-order valence-electron chi connectivity index (χ1n) is 12.2. The summed E-state index contributed by atoms with van der Waals surface area (Å²) in [7, 11) is -5.38. The van der Waals surface area contributed by atoms with Crippen LogP contribution in [-0.2, 0) is 38.4 Å². The molecule has 8 nitrogen and oxygen atoms in total. The standard InChI is InChI=1S/C20H47O8PS2Si2/c1-7-23-32(24-8-2,25-9-3)17-13-15-20(19-31-29(21,22)30)16-14-18-33(26-10-4,27-11-5)28-12-6/h20H,7-19H2,1-6H3,(H2,21,22,30). The topological polar surface area (TPSA) is 95.8 Å². The number of hydrogen-bond acceptors (Lipinski definition) is 8. The minimum absolute atomic E-state index is 0.268. The zero-order chi connectivity index (χ0) is 25.2.